The van der Waals surface area contributed by atoms with Crippen molar-refractivity contribution in [2.45, 2.75) is 26.7 Å². The number of carboxylic acid groups (broad SMARTS) is 2. The number of hydrogen-bond donors (Lipinski definition) is 0. The Balaban J connectivity index is 0. The molecule has 0 N–H and O–H groups in total. The molecule has 0 aliphatic carbocycles. The van der Waals surface area contributed by atoms with Gasteiger partial charge < -0.3 is 19.8 Å². The molecular weight excluding hydrogens is 160 g/mol. The summed E-state index contributed by atoms with van der Waals surface area (Å²) in [6.45, 7) is 7.50. The number of allylic oxidation sites excluding steroid dienone is 1. The Morgan fingerprint density at radius 2 is 1.25 bits per heavy atom. The van der Waals surface area contributed by atoms with Crippen molar-refractivity contribution >= 4 is 11.9 Å². The van der Waals surface area contributed by atoms with Crippen LogP contribution in [0.5, 0.6) is 0 Å². The summed E-state index contributed by atoms with van der Waals surface area (Å²) >= 11 is 0. The van der Waals surface area contributed by atoms with Gasteiger partial charge in [-0.3, -0.25) is 0 Å². The smallest absolute Gasteiger partial charge is 0.0418 e. The van der Waals surface area contributed by atoms with Crippen LogP contribution < -0.4 is 10.2 Å². The lowest BCUT2D eigenvalue weighted by Crippen LogP contribution is -2.27. The minimum absolute atomic E-state index is 0.470. The van der Waals surface area contributed by atoms with Gasteiger partial charge in [-0.25, -0.2) is 0 Å². The standard InChI is InChI=1S/C4H6O4.C4H8/c5-3(6)1-2-4(7)8;1-4(2)3/h1-2H2,(H,5,6)(H,7,8);1H2,2-3H3/p-2. The van der Waals surface area contributed by atoms with Gasteiger partial charge in [-0.15, -0.1) is 6.58 Å². The Labute approximate surface area is 71.5 Å². The zero-order valence-corrected chi connectivity index (χ0v) is 7.25. The Morgan fingerprint density at radius 1 is 1.08 bits per heavy atom. The lowest BCUT2D eigenvalue weighted by atomic mass is 10.3. The predicted octanol–water partition coefficient (Wildman–Crippen LogP) is -1.15. The zero-order chi connectivity index (χ0) is 10.1. The molecule has 0 heterocycles. The average molecular weight is 172 g/mol. The molecule has 0 atom stereocenters. The highest BCUT2D eigenvalue weighted by molar-refractivity contribution is 5.72. The molecule has 0 aromatic rings. The maximum Gasteiger partial charge on any atom is 0.0418 e. The van der Waals surface area contributed by atoms with Gasteiger partial charge in [0.15, 0.2) is 0 Å². The number of carbonyl (C=O) groups is 2. The second kappa shape index (κ2) is 7.78. The SMILES string of the molecule is C=C(C)C.O=C([O-])CCC(=O)[O-]. The van der Waals surface area contributed by atoms with Crippen LogP contribution in [0.1, 0.15) is 26.7 Å². The van der Waals surface area contributed by atoms with Crippen molar-refractivity contribution in [3.05, 3.63) is 12.2 Å². The zero-order valence-electron chi connectivity index (χ0n) is 7.25. The Bertz CT molecular complexity index is 154. The number of carbonyl (C=O) groups excluding carboxylic acids is 2. The van der Waals surface area contributed by atoms with Gasteiger partial charge in [0.05, 0.1) is 0 Å². The van der Waals surface area contributed by atoms with Gasteiger partial charge in [-0.2, -0.15) is 0 Å². The summed E-state index contributed by atoms with van der Waals surface area (Å²) in [5, 5.41) is 19.0. The summed E-state index contributed by atoms with van der Waals surface area (Å²) < 4.78 is 0. The van der Waals surface area contributed by atoms with Crippen LogP contribution >= 0.6 is 0 Å². The third kappa shape index (κ3) is 37.8. The second-order valence-electron chi connectivity index (χ2n) is 2.45. The van der Waals surface area contributed by atoms with Crippen LogP contribution in [0.2, 0.25) is 0 Å². The van der Waals surface area contributed by atoms with E-state index in [1.165, 1.54) is 5.57 Å². The van der Waals surface area contributed by atoms with Crippen molar-refractivity contribution in [3.63, 3.8) is 0 Å². The fraction of sp³-hybridized carbons (Fsp3) is 0.500. The molecule has 4 heteroatoms. The molecule has 0 aliphatic heterocycles. The van der Waals surface area contributed by atoms with Gasteiger partial charge in [0.2, 0.25) is 0 Å². The molecule has 0 aliphatic rings. The van der Waals surface area contributed by atoms with E-state index in [1.807, 2.05) is 13.8 Å². The van der Waals surface area contributed by atoms with Crippen LogP contribution in [-0.4, -0.2) is 11.9 Å². The highest BCUT2D eigenvalue weighted by Gasteiger charge is 1.85. The van der Waals surface area contributed by atoms with E-state index in [2.05, 4.69) is 6.58 Å². The molecule has 0 aromatic heterocycles. The molecule has 70 valence electrons. The Morgan fingerprint density at radius 3 is 1.33 bits per heavy atom. The first-order valence-corrected chi connectivity index (χ1v) is 3.38. The van der Waals surface area contributed by atoms with Crippen LogP contribution in [0, 0.1) is 0 Å². The van der Waals surface area contributed by atoms with E-state index in [9.17, 15) is 19.8 Å². The predicted molar refractivity (Wildman–Crippen MR) is 39.7 cm³/mol. The van der Waals surface area contributed by atoms with Crippen LogP contribution in [-0.2, 0) is 9.59 Å². The number of rotatable bonds is 3. The van der Waals surface area contributed by atoms with Crippen LogP contribution in [0.4, 0.5) is 0 Å². The summed E-state index contributed by atoms with van der Waals surface area (Å²) in [5.74, 6) is -2.73. The maximum atomic E-state index is 9.50. The van der Waals surface area contributed by atoms with Crippen molar-refractivity contribution in [2.24, 2.45) is 0 Å². The van der Waals surface area contributed by atoms with Gasteiger partial charge >= 0.3 is 0 Å². The second-order valence-corrected chi connectivity index (χ2v) is 2.45. The van der Waals surface area contributed by atoms with Crippen LogP contribution in [0.25, 0.3) is 0 Å². The van der Waals surface area contributed by atoms with Crippen LogP contribution in [0.3, 0.4) is 0 Å². The van der Waals surface area contributed by atoms with E-state index in [4.69, 9.17) is 0 Å². The van der Waals surface area contributed by atoms with Crippen molar-refractivity contribution in [1.82, 2.24) is 0 Å². The molecule has 0 radical (unpaired) electrons. The van der Waals surface area contributed by atoms with Crippen molar-refractivity contribution in [2.75, 3.05) is 0 Å². The minimum Gasteiger partial charge on any atom is -0.550 e. The molecular formula is C8H12O4-2. The third-order valence-electron chi connectivity index (χ3n) is 0.533. The van der Waals surface area contributed by atoms with E-state index in [1.54, 1.807) is 0 Å². The first-order valence-electron chi connectivity index (χ1n) is 3.38. The molecule has 0 saturated carbocycles. The third-order valence-corrected chi connectivity index (χ3v) is 0.533. The number of carboxylic acids is 2. The van der Waals surface area contributed by atoms with Crippen molar-refractivity contribution in [1.29, 1.82) is 0 Å². The molecule has 0 fully saturated rings. The molecule has 0 amide bonds. The van der Waals surface area contributed by atoms with Crippen molar-refractivity contribution < 1.29 is 19.8 Å². The summed E-state index contributed by atoms with van der Waals surface area (Å²) in [6.07, 6.45) is -0.940. The van der Waals surface area contributed by atoms with Gasteiger partial charge in [0, 0.05) is 11.9 Å². The largest absolute Gasteiger partial charge is 0.550 e. The van der Waals surface area contributed by atoms with Gasteiger partial charge in [-0.05, 0) is 26.7 Å². The number of aliphatic carboxylic acids is 2. The fourth-order valence-corrected chi connectivity index (χ4v) is 0.204. The molecule has 0 unspecified atom stereocenters. The average Bonchev–Trinajstić information content (AvgIpc) is 1.82. The Kier molecular flexibility index (Phi) is 8.62. The lowest BCUT2D eigenvalue weighted by Gasteiger charge is -2.00. The number of hydrogen-bond acceptors (Lipinski definition) is 4. The first kappa shape index (κ1) is 13.3. The molecule has 0 saturated heterocycles. The van der Waals surface area contributed by atoms with Crippen molar-refractivity contribution in [3.8, 4) is 0 Å². The van der Waals surface area contributed by atoms with Gasteiger partial charge in [-0.1, -0.05) is 5.57 Å². The van der Waals surface area contributed by atoms with E-state index in [-0.39, 0.29) is 0 Å². The molecule has 0 aromatic carbocycles. The summed E-state index contributed by atoms with van der Waals surface area (Å²) in [4.78, 5) is 19.0. The summed E-state index contributed by atoms with van der Waals surface area (Å²) in [6, 6.07) is 0. The lowest BCUT2D eigenvalue weighted by molar-refractivity contribution is -0.315. The summed E-state index contributed by atoms with van der Waals surface area (Å²) in [5.41, 5.74) is 1.17. The summed E-state index contributed by atoms with van der Waals surface area (Å²) in [7, 11) is 0. The molecule has 0 bridgehead atoms. The van der Waals surface area contributed by atoms with E-state index < -0.39 is 24.8 Å². The molecule has 4 nitrogen and oxygen atoms in total. The van der Waals surface area contributed by atoms with Gasteiger partial charge in [0.25, 0.3) is 0 Å². The minimum atomic E-state index is -1.37. The fourth-order valence-electron chi connectivity index (χ4n) is 0.204. The van der Waals surface area contributed by atoms with Crippen LogP contribution in [0.15, 0.2) is 12.2 Å². The molecule has 0 spiro atoms. The van der Waals surface area contributed by atoms with E-state index in [0.717, 1.165) is 0 Å². The Hall–Kier alpha value is -1.32. The normalized spacial score (nSPS) is 7.83. The first-order chi connectivity index (χ1) is 5.36. The van der Waals surface area contributed by atoms with E-state index in [0.29, 0.717) is 0 Å². The van der Waals surface area contributed by atoms with Gasteiger partial charge in [0.1, 0.15) is 0 Å². The molecule has 0 rings (SSSR count). The maximum absolute atomic E-state index is 9.50. The molecule has 12 heavy (non-hydrogen) atoms. The highest BCUT2D eigenvalue weighted by Crippen LogP contribution is 1.81. The highest BCUT2D eigenvalue weighted by atomic mass is 16.4. The quantitative estimate of drug-likeness (QED) is 0.503. The monoisotopic (exact) mass is 172 g/mol. The van der Waals surface area contributed by atoms with E-state index >= 15 is 0 Å². The topological polar surface area (TPSA) is 80.3 Å².